The summed E-state index contributed by atoms with van der Waals surface area (Å²) in [6, 6.07) is 6.47. The first-order chi connectivity index (χ1) is 8.19. The van der Waals surface area contributed by atoms with E-state index in [9.17, 15) is 0 Å². The highest BCUT2D eigenvalue weighted by molar-refractivity contribution is 5.40. The second kappa shape index (κ2) is 5.31. The average molecular weight is 249 g/mol. The summed E-state index contributed by atoms with van der Waals surface area (Å²) in [6.07, 6.45) is 1.94. The fourth-order valence-corrected chi connectivity index (χ4v) is 2.03. The molecule has 0 bridgehead atoms. The minimum absolute atomic E-state index is 0.194. The Kier molecular flexibility index (Phi) is 4.44. The van der Waals surface area contributed by atoms with Crippen LogP contribution in [0.1, 0.15) is 52.2 Å². The van der Waals surface area contributed by atoms with E-state index in [0.717, 1.165) is 18.6 Å². The summed E-state index contributed by atoms with van der Waals surface area (Å²) in [5, 5.41) is 0. The molecule has 0 spiro atoms. The normalized spacial score (nSPS) is 12.6. The molecule has 0 aromatic heterocycles. The van der Waals surface area contributed by atoms with Crippen LogP contribution >= 0.6 is 0 Å². The summed E-state index contributed by atoms with van der Waals surface area (Å²) in [7, 11) is 1.72. The van der Waals surface area contributed by atoms with Crippen LogP contribution in [0.5, 0.6) is 5.75 Å². The molecule has 18 heavy (non-hydrogen) atoms. The zero-order valence-corrected chi connectivity index (χ0v) is 12.6. The summed E-state index contributed by atoms with van der Waals surface area (Å²) in [5.74, 6) is 0.934. The van der Waals surface area contributed by atoms with Crippen molar-refractivity contribution in [3.8, 4) is 5.75 Å². The molecule has 0 radical (unpaired) electrons. The fraction of sp³-hybridized carbons (Fsp3) is 0.625. The van der Waals surface area contributed by atoms with Gasteiger partial charge in [-0.1, -0.05) is 32.9 Å². The van der Waals surface area contributed by atoms with Gasteiger partial charge in [0.15, 0.2) is 0 Å². The lowest BCUT2D eigenvalue weighted by Crippen LogP contribution is -2.34. The van der Waals surface area contributed by atoms with Crippen molar-refractivity contribution in [2.75, 3.05) is 7.11 Å². The SMILES string of the molecule is CCC(C)(C)c1ccc(OC)c(CC(C)(C)N)c1. The van der Waals surface area contributed by atoms with E-state index in [-0.39, 0.29) is 11.0 Å². The molecule has 0 amide bonds. The van der Waals surface area contributed by atoms with Crippen LogP contribution in [0.2, 0.25) is 0 Å². The molecular formula is C16H27NO. The summed E-state index contributed by atoms with van der Waals surface area (Å²) < 4.78 is 5.44. The minimum Gasteiger partial charge on any atom is -0.496 e. The van der Waals surface area contributed by atoms with Gasteiger partial charge in [-0.3, -0.25) is 0 Å². The van der Waals surface area contributed by atoms with Gasteiger partial charge in [0.1, 0.15) is 5.75 Å². The van der Waals surface area contributed by atoms with Gasteiger partial charge in [-0.05, 0) is 49.3 Å². The first-order valence-corrected chi connectivity index (χ1v) is 6.66. The maximum atomic E-state index is 6.13. The molecule has 2 N–H and O–H groups in total. The Morgan fingerprint density at radius 1 is 1.17 bits per heavy atom. The molecule has 2 nitrogen and oxygen atoms in total. The third-order valence-corrected chi connectivity index (χ3v) is 3.59. The van der Waals surface area contributed by atoms with E-state index in [1.165, 1.54) is 11.1 Å². The molecule has 0 aliphatic rings. The van der Waals surface area contributed by atoms with Gasteiger partial charge in [-0.25, -0.2) is 0 Å². The third-order valence-electron chi connectivity index (χ3n) is 3.59. The predicted molar refractivity (Wildman–Crippen MR) is 78.3 cm³/mol. The molecule has 1 rings (SSSR count). The van der Waals surface area contributed by atoms with E-state index < -0.39 is 0 Å². The van der Waals surface area contributed by atoms with Crippen molar-refractivity contribution in [3.63, 3.8) is 0 Å². The lowest BCUT2D eigenvalue weighted by Gasteiger charge is -2.26. The number of hydrogen-bond acceptors (Lipinski definition) is 2. The van der Waals surface area contributed by atoms with Gasteiger partial charge in [0, 0.05) is 5.54 Å². The Hall–Kier alpha value is -1.02. The van der Waals surface area contributed by atoms with Crippen LogP contribution in [0, 0.1) is 0 Å². The Bertz CT molecular complexity index is 402. The van der Waals surface area contributed by atoms with Crippen molar-refractivity contribution in [2.45, 2.75) is 58.4 Å². The van der Waals surface area contributed by atoms with Crippen LogP contribution in [-0.4, -0.2) is 12.6 Å². The third kappa shape index (κ3) is 3.74. The summed E-state index contributed by atoms with van der Waals surface area (Å²) in [6.45, 7) is 10.9. The van der Waals surface area contributed by atoms with Crippen molar-refractivity contribution < 1.29 is 4.74 Å². The first-order valence-electron chi connectivity index (χ1n) is 6.66. The molecule has 1 aromatic rings. The van der Waals surface area contributed by atoms with E-state index in [0.29, 0.717) is 0 Å². The zero-order chi connectivity index (χ0) is 14.0. The average Bonchev–Trinajstić information content (AvgIpc) is 2.26. The zero-order valence-electron chi connectivity index (χ0n) is 12.6. The summed E-state index contributed by atoms with van der Waals surface area (Å²) >= 11 is 0. The highest BCUT2D eigenvalue weighted by Gasteiger charge is 2.21. The van der Waals surface area contributed by atoms with Gasteiger partial charge < -0.3 is 10.5 Å². The van der Waals surface area contributed by atoms with Gasteiger partial charge in [-0.15, -0.1) is 0 Å². The number of nitrogens with two attached hydrogens (primary N) is 1. The molecule has 0 heterocycles. The van der Waals surface area contributed by atoms with E-state index >= 15 is 0 Å². The van der Waals surface area contributed by atoms with Crippen LogP contribution in [0.15, 0.2) is 18.2 Å². The maximum absolute atomic E-state index is 6.13. The van der Waals surface area contributed by atoms with E-state index in [2.05, 4.69) is 39.0 Å². The molecule has 0 unspecified atom stereocenters. The molecule has 1 aromatic carbocycles. The maximum Gasteiger partial charge on any atom is 0.122 e. The molecule has 2 heteroatoms. The topological polar surface area (TPSA) is 35.2 Å². The van der Waals surface area contributed by atoms with Gasteiger partial charge in [0.05, 0.1) is 7.11 Å². The summed E-state index contributed by atoms with van der Waals surface area (Å²) in [5.41, 5.74) is 8.65. The second-order valence-corrected chi connectivity index (χ2v) is 6.43. The lowest BCUT2D eigenvalue weighted by molar-refractivity contribution is 0.401. The van der Waals surface area contributed by atoms with Crippen LogP contribution < -0.4 is 10.5 Å². The van der Waals surface area contributed by atoms with Crippen molar-refractivity contribution in [3.05, 3.63) is 29.3 Å². The van der Waals surface area contributed by atoms with Crippen LogP contribution in [0.4, 0.5) is 0 Å². The second-order valence-electron chi connectivity index (χ2n) is 6.43. The molecule has 0 fully saturated rings. The van der Waals surface area contributed by atoms with E-state index in [1.54, 1.807) is 7.11 Å². The quantitative estimate of drug-likeness (QED) is 0.864. The summed E-state index contributed by atoms with van der Waals surface area (Å²) in [4.78, 5) is 0. The number of rotatable bonds is 5. The number of benzene rings is 1. The van der Waals surface area contributed by atoms with Gasteiger partial charge >= 0.3 is 0 Å². The largest absolute Gasteiger partial charge is 0.496 e. The molecule has 0 aliphatic carbocycles. The van der Waals surface area contributed by atoms with E-state index in [1.807, 2.05) is 13.8 Å². The molecule has 102 valence electrons. The Labute approximate surface area is 112 Å². The molecule has 0 atom stereocenters. The van der Waals surface area contributed by atoms with Crippen LogP contribution in [0.3, 0.4) is 0 Å². The first kappa shape index (κ1) is 15.0. The minimum atomic E-state index is -0.220. The fourth-order valence-electron chi connectivity index (χ4n) is 2.03. The number of hydrogen-bond donors (Lipinski definition) is 1. The number of methoxy groups -OCH3 is 1. The highest BCUT2D eigenvalue weighted by atomic mass is 16.5. The van der Waals surface area contributed by atoms with Gasteiger partial charge in [0.25, 0.3) is 0 Å². The Morgan fingerprint density at radius 2 is 1.78 bits per heavy atom. The highest BCUT2D eigenvalue weighted by Crippen LogP contribution is 2.31. The van der Waals surface area contributed by atoms with Crippen LogP contribution in [-0.2, 0) is 11.8 Å². The van der Waals surface area contributed by atoms with Gasteiger partial charge in [0.2, 0.25) is 0 Å². The lowest BCUT2D eigenvalue weighted by atomic mass is 9.80. The predicted octanol–water partition coefficient (Wildman–Crippen LogP) is 3.66. The van der Waals surface area contributed by atoms with Crippen molar-refractivity contribution in [2.24, 2.45) is 5.73 Å². The molecular weight excluding hydrogens is 222 g/mol. The smallest absolute Gasteiger partial charge is 0.122 e. The standard InChI is InChI=1S/C16H27NO/c1-7-15(2,3)13-8-9-14(18-6)12(10-13)11-16(4,5)17/h8-10H,7,11,17H2,1-6H3. The number of ether oxygens (including phenoxy) is 1. The monoisotopic (exact) mass is 249 g/mol. The van der Waals surface area contributed by atoms with Crippen LogP contribution in [0.25, 0.3) is 0 Å². The Morgan fingerprint density at radius 3 is 2.22 bits per heavy atom. The molecule has 0 saturated carbocycles. The molecule has 0 saturated heterocycles. The van der Waals surface area contributed by atoms with Crippen molar-refractivity contribution >= 4 is 0 Å². The van der Waals surface area contributed by atoms with E-state index in [4.69, 9.17) is 10.5 Å². The molecule has 0 aliphatic heterocycles. The van der Waals surface area contributed by atoms with Gasteiger partial charge in [-0.2, -0.15) is 0 Å². The van der Waals surface area contributed by atoms with Crippen molar-refractivity contribution in [1.82, 2.24) is 0 Å². The van der Waals surface area contributed by atoms with Crippen molar-refractivity contribution in [1.29, 1.82) is 0 Å². The Balaban J connectivity index is 3.18.